The van der Waals surface area contributed by atoms with E-state index in [1.807, 2.05) is 0 Å². The van der Waals surface area contributed by atoms with E-state index in [0.29, 0.717) is 12.5 Å². The number of nitrogens with zero attached hydrogens (tertiary/aromatic N) is 1. The second-order valence-corrected chi connectivity index (χ2v) is 6.59. The van der Waals surface area contributed by atoms with Gasteiger partial charge in [0.2, 0.25) is 10.0 Å². The van der Waals surface area contributed by atoms with Gasteiger partial charge in [-0.3, -0.25) is 4.98 Å². The van der Waals surface area contributed by atoms with Gasteiger partial charge < -0.3 is 5.73 Å². The third-order valence-electron chi connectivity index (χ3n) is 3.40. The highest BCUT2D eigenvalue weighted by molar-refractivity contribution is 7.89. The number of rotatable bonds is 4. The van der Waals surface area contributed by atoms with Gasteiger partial charge in [0.25, 0.3) is 0 Å². The first-order valence-electron chi connectivity index (χ1n) is 6.23. The summed E-state index contributed by atoms with van der Waals surface area (Å²) in [6, 6.07) is 3.46. The minimum Gasteiger partial charge on any atom is -0.328 e. The van der Waals surface area contributed by atoms with Gasteiger partial charge in [0.1, 0.15) is 4.90 Å². The van der Waals surface area contributed by atoms with Crippen molar-refractivity contribution in [3.8, 4) is 0 Å². The van der Waals surface area contributed by atoms with Gasteiger partial charge in [0, 0.05) is 25.0 Å². The maximum Gasteiger partial charge on any atom is 0.242 e. The molecule has 0 unspecified atom stereocenters. The lowest BCUT2D eigenvalue weighted by Crippen LogP contribution is -2.34. The molecule has 0 radical (unpaired) electrons. The van der Waals surface area contributed by atoms with Crippen LogP contribution in [0.4, 0.5) is 0 Å². The Balaban J connectivity index is 1.90. The van der Waals surface area contributed by atoms with E-state index in [4.69, 9.17) is 5.73 Å². The van der Waals surface area contributed by atoms with Crippen LogP contribution in [0.1, 0.15) is 25.7 Å². The van der Waals surface area contributed by atoms with Crippen LogP contribution in [0.5, 0.6) is 0 Å². The number of sulfonamides is 1. The van der Waals surface area contributed by atoms with Crippen LogP contribution in [0.15, 0.2) is 29.4 Å². The normalized spacial score (nSPS) is 24.9. The third-order valence-corrected chi connectivity index (χ3v) is 4.81. The van der Waals surface area contributed by atoms with Crippen molar-refractivity contribution < 1.29 is 8.42 Å². The van der Waals surface area contributed by atoms with E-state index in [1.165, 1.54) is 6.20 Å². The maximum atomic E-state index is 12.0. The Morgan fingerprint density at radius 1 is 1.33 bits per heavy atom. The SMILES string of the molecule is NC1CCC(CNS(=O)(=O)c2cccnc2)CC1. The predicted molar refractivity (Wildman–Crippen MR) is 69.4 cm³/mol. The van der Waals surface area contributed by atoms with Crippen LogP contribution in [0.2, 0.25) is 0 Å². The van der Waals surface area contributed by atoms with E-state index in [-0.39, 0.29) is 10.9 Å². The fourth-order valence-corrected chi connectivity index (χ4v) is 3.29. The molecule has 3 N–H and O–H groups in total. The molecule has 1 aliphatic carbocycles. The van der Waals surface area contributed by atoms with Crippen molar-refractivity contribution in [1.29, 1.82) is 0 Å². The van der Waals surface area contributed by atoms with Gasteiger partial charge >= 0.3 is 0 Å². The molecule has 1 heterocycles. The van der Waals surface area contributed by atoms with Crippen LogP contribution in [0.25, 0.3) is 0 Å². The average Bonchev–Trinajstić information content (AvgIpc) is 2.39. The Morgan fingerprint density at radius 2 is 2.06 bits per heavy atom. The molecule has 1 fully saturated rings. The van der Waals surface area contributed by atoms with Crippen LogP contribution in [-0.4, -0.2) is 26.0 Å². The minimum atomic E-state index is -3.42. The molecule has 1 aromatic heterocycles. The zero-order valence-electron chi connectivity index (χ0n) is 10.2. The average molecular weight is 269 g/mol. The smallest absolute Gasteiger partial charge is 0.242 e. The summed E-state index contributed by atoms with van der Waals surface area (Å²) in [5, 5.41) is 0. The van der Waals surface area contributed by atoms with Gasteiger partial charge in [-0.25, -0.2) is 13.1 Å². The van der Waals surface area contributed by atoms with Crippen LogP contribution in [-0.2, 0) is 10.0 Å². The van der Waals surface area contributed by atoms with E-state index in [0.717, 1.165) is 25.7 Å². The summed E-state index contributed by atoms with van der Waals surface area (Å²) in [7, 11) is -3.42. The summed E-state index contributed by atoms with van der Waals surface area (Å²) >= 11 is 0. The molecule has 0 bridgehead atoms. The number of hydrogen-bond donors (Lipinski definition) is 2. The molecule has 18 heavy (non-hydrogen) atoms. The molecule has 6 heteroatoms. The lowest BCUT2D eigenvalue weighted by molar-refractivity contribution is 0.326. The largest absolute Gasteiger partial charge is 0.328 e. The van der Waals surface area contributed by atoms with Gasteiger partial charge in [0.15, 0.2) is 0 Å². The van der Waals surface area contributed by atoms with Crippen LogP contribution < -0.4 is 10.5 Å². The summed E-state index contributed by atoms with van der Waals surface area (Å²) in [6.45, 7) is 0.490. The van der Waals surface area contributed by atoms with Crippen LogP contribution >= 0.6 is 0 Å². The quantitative estimate of drug-likeness (QED) is 0.849. The molecule has 0 atom stereocenters. The van der Waals surface area contributed by atoms with Crippen molar-refractivity contribution in [1.82, 2.24) is 9.71 Å². The van der Waals surface area contributed by atoms with Crippen molar-refractivity contribution >= 4 is 10.0 Å². The van der Waals surface area contributed by atoms with Crippen molar-refractivity contribution in [3.05, 3.63) is 24.5 Å². The number of nitrogens with one attached hydrogen (secondary N) is 1. The molecule has 1 aliphatic rings. The Morgan fingerprint density at radius 3 is 2.67 bits per heavy atom. The molecule has 1 saturated carbocycles. The van der Waals surface area contributed by atoms with Crippen molar-refractivity contribution in [3.63, 3.8) is 0 Å². The Hall–Kier alpha value is -0.980. The summed E-state index contributed by atoms with van der Waals surface area (Å²) in [4.78, 5) is 4.04. The van der Waals surface area contributed by atoms with Crippen LogP contribution in [0, 0.1) is 5.92 Å². The molecule has 0 saturated heterocycles. The van der Waals surface area contributed by atoms with Gasteiger partial charge in [-0.1, -0.05) is 0 Å². The molecule has 5 nitrogen and oxygen atoms in total. The first kappa shape index (κ1) is 13.5. The van der Waals surface area contributed by atoms with E-state index in [2.05, 4.69) is 9.71 Å². The molecule has 0 spiro atoms. The summed E-state index contributed by atoms with van der Waals surface area (Å²) in [5.74, 6) is 0.399. The zero-order chi connectivity index (χ0) is 13.0. The summed E-state index contributed by atoms with van der Waals surface area (Å²) in [6.07, 6.45) is 6.88. The first-order valence-corrected chi connectivity index (χ1v) is 7.71. The lowest BCUT2D eigenvalue weighted by atomic mass is 9.87. The second kappa shape index (κ2) is 5.77. The van der Waals surface area contributed by atoms with Gasteiger partial charge in [-0.05, 0) is 43.7 Å². The first-order chi connectivity index (χ1) is 8.58. The highest BCUT2D eigenvalue weighted by Crippen LogP contribution is 2.22. The monoisotopic (exact) mass is 269 g/mol. The molecule has 0 aromatic carbocycles. The van der Waals surface area contributed by atoms with E-state index >= 15 is 0 Å². The molecule has 0 amide bonds. The van der Waals surface area contributed by atoms with E-state index in [9.17, 15) is 8.42 Å². The molecular weight excluding hydrogens is 250 g/mol. The molecule has 0 aliphatic heterocycles. The second-order valence-electron chi connectivity index (χ2n) is 4.82. The summed E-state index contributed by atoms with van der Waals surface area (Å²) in [5.41, 5.74) is 5.82. The fourth-order valence-electron chi connectivity index (χ4n) is 2.21. The lowest BCUT2D eigenvalue weighted by Gasteiger charge is -2.26. The zero-order valence-corrected chi connectivity index (χ0v) is 11.1. The number of aromatic nitrogens is 1. The topological polar surface area (TPSA) is 85.1 Å². The number of pyridine rings is 1. The molecule has 100 valence electrons. The van der Waals surface area contributed by atoms with E-state index in [1.54, 1.807) is 18.3 Å². The molecule has 2 rings (SSSR count). The standard InChI is InChI=1S/C12H19N3O2S/c13-11-5-3-10(4-6-11)8-15-18(16,17)12-2-1-7-14-9-12/h1-2,7,9-11,15H,3-6,8,13H2. The fraction of sp³-hybridized carbons (Fsp3) is 0.583. The number of nitrogens with two attached hydrogens (primary N) is 1. The minimum absolute atomic E-state index is 0.220. The third kappa shape index (κ3) is 3.51. The Bertz CT molecular complexity index is 467. The Kier molecular flexibility index (Phi) is 4.31. The van der Waals surface area contributed by atoms with Crippen molar-refractivity contribution in [2.24, 2.45) is 11.7 Å². The highest BCUT2D eigenvalue weighted by Gasteiger charge is 2.21. The molecular formula is C12H19N3O2S. The van der Waals surface area contributed by atoms with Gasteiger partial charge in [-0.2, -0.15) is 0 Å². The maximum absolute atomic E-state index is 12.0. The van der Waals surface area contributed by atoms with Gasteiger partial charge in [0.05, 0.1) is 0 Å². The Labute approximate surface area is 108 Å². The highest BCUT2D eigenvalue weighted by atomic mass is 32.2. The van der Waals surface area contributed by atoms with E-state index < -0.39 is 10.0 Å². The molecule has 1 aromatic rings. The van der Waals surface area contributed by atoms with Crippen molar-refractivity contribution in [2.75, 3.05) is 6.54 Å². The number of hydrogen-bond acceptors (Lipinski definition) is 4. The van der Waals surface area contributed by atoms with Crippen LogP contribution in [0.3, 0.4) is 0 Å². The van der Waals surface area contributed by atoms with Gasteiger partial charge in [-0.15, -0.1) is 0 Å². The predicted octanol–water partition coefficient (Wildman–Crippen LogP) is 0.877. The summed E-state index contributed by atoms with van der Waals surface area (Å²) < 4.78 is 26.6. The van der Waals surface area contributed by atoms with Crippen molar-refractivity contribution in [2.45, 2.75) is 36.6 Å².